The molecule has 0 saturated carbocycles. The molecule has 0 bridgehead atoms. The lowest BCUT2D eigenvalue weighted by Crippen LogP contribution is -2.53. The number of para-hydroxylation sites is 1. The van der Waals surface area contributed by atoms with Crippen molar-refractivity contribution >= 4 is 23.2 Å². The van der Waals surface area contributed by atoms with Crippen molar-refractivity contribution in [2.45, 2.75) is 39.7 Å². The molecule has 0 radical (unpaired) electrons. The molecule has 1 aromatic carbocycles. The summed E-state index contributed by atoms with van der Waals surface area (Å²) in [5.41, 5.74) is 1.50. The predicted molar refractivity (Wildman–Crippen MR) is 123 cm³/mol. The highest BCUT2D eigenvalue weighted by Crippen LogP contribution is 2.32. The van der Waals surface area contributed by atoms with Crippen molar-refractivity contribution in [3.05, 3.63) is 35.3 Å². The van der Waals surface area contributed by atoms with Crippen LogP contribution in [0.5, 0.6) is 5.75 Å². The number of rotatable bonds is 7. The van der Waals surface area contributed by atoms with E-state index in [9.17, 15) is 9.59 Å². The Bertz CT molecular complexity index is 898. The molecule has 2 amide bonds. The number of benzene rings is 1. The number of nitrogens with one attached hydrogen (secondary N) is 1. The number of thiazole rings is 1. The summed E-state index contributed by atoms with van der Waals surface area (Å²) >= 11 is 1.53. The molecular weight excluding hydrogens is 412 g/mol. The summed E-state index contributed by atoms with van der Waals surface area (Å²) in [4.78, 5) is 33.5. The largest absolute Gasteiger partial charge is 0.493 e. The van der Waals surface area contributed by atoms with Crippen LogP contribution in [0.3, 0.4) is 0 Å². The summed E-state index contributed by atoms with van der Waals surface area (Å²) < 4.78 is 5.70. The first-order valence-corrected chi connectivity index (χ1v) is 11.6. The van der Waals surface area contributed by atoms with Crippen LogP contribution in [0.4, 0.5) is 0 Å². The van der Waals surface area contributed by atoms with Gasteiger partial charge in [0.05, 0.1) is 30.8 Å². The Morgan fingerprint density at radius 2 is 1.87 bits per heavy atom. The van der Waals surface area contributed by atoms with Crippen LogP contribution in [0.15, 0.2) is 29.6 Å². The number of carbonyl (C=O) groups excluding carboxylic acids is 2. The molecule has 3 rings (SSSR count). The van der Waals surface area contributed by atoms with E-state index in [1.54, 1.807) is 0 Å². The van der Waals surface area contributed by atoms with Gasteiger partial charge in [-0.2, -0.15) is 0 Å². The Labute approximate surface area is 188 Å². The fourth-order valence-electron chi connectivity index (χ4n) is 3.52. The van der Waals surface area contributed by atoms with E-state index in [1.807, 2.05) is 62.2 Å². The standard InChI is InChI=1S/C23H32N4O3S/c1-5-30-19-9-7-6-8-18(19)22-24-17(16-31-22)14-21(29)27-12-10-26(11-13-27)15-20(28)25-23(2,3)4/h6-9,16H,5,10-15H2,1-4H3,(H,25,28). The van der Waals surface area contributed by atoms with E-state index in [4.69, 9.17) is 4.74 Å². The smallest absolute Gasteiger partial charge is 0.234 e. The van der Waals surface area contributed by atoms with Crippen LogP contribution in [-0.4, -0.2) is 71.5 Å². The van der Waals surface area contributed by atoms with Gasteiger partial charge in [0.2, 0.25) is 11.8 Å². The van der Waals surface area contributed by atoms with Crippen LogP contribution in [0.2, 0.25) is 0 Å². The number of ether oxygens (including phenoxy) is 1. The second-order valence-electron chi connectivity index (χ2n) is 8.71. The molecule has 2 aromatic rings. The third kappa shape index (κ3) is 6.77. The Hall–Kier alpha value is -2.45. The average molecular weight is 445 g/mol. The monoisotopic (exact) mass is 444 g/mol. The number of amides is 2. The van der Waals surface area contributed by atoms with Gasteiger partial charge in [0.15, 0.2) is 0 Å². The molecule has 1 aromatic heterocycles. The Kier molecular flexibility index (Phi) is 7.67. The molecule has 0 atom stereocenters. The van der Waals surface area contributed by atoms with Crippen LogP contribution in [0.1, 0.15) is 33.4 Å². The average Bonchev–Trinajstić information content (AvgIpc) is 3.16. The van der Waals surface area contributed by atoms with E-state index in [1.165, 1.54) is 11.3 Å². The molecule has 31 heavy (non-hydrogen) atoms. The van der Waals surface area contributed by atoms with Gasteiger partial charge in [-0.05, 0) is 39.8 Å². The summed E-state index contributed by atoms with van der Waals surface area (Å²) in [5.74, 6) is 0.909. The van der Waals surface area contributed by atoms with E-state index >= 15 is 0 Å². The van der Waals surface area contributed by atoms with E-state index in [2.05, 4.69) is 15.2 Å². The van der Waals surface area contributed by atoms with Gasteiger partial charge in [0.1, 0.15) is 10.8 Å². The minimum atomic E-state index is -0.232. The van der Waals surface area contributed by atoms with Gasteiger partial charge in [-0.25, -0.2) is 4.98 Å². The van der Waals surface area contributed by atoms with E-state index in [-0.39, 0.29) is 23.8 Å². The number of hydrogen-bond acceptors (Lipinski definition) is 6. The minimum absolute atomic E-state index is 0.0228. The Balaban J connectivity index is 1.52. The van der Waals surface area contributed by atoms with Crippen molar-refractivity contribution < 1.29 is 14.3 Å². The topological polar surface area (TPSA) is 74.8 Å². The minimum Gasteiger partial charge on any atom is -0.493 e. The van der Waals surface area contributed by atoms with Crippen LogP contribution in [-0.2, 0) is 16.0 Å². The zero-order chi connectivity index (χ0) is 22.4. The molecule has 1 saturated heterocycles. The zero-order valence-corrected chi connectivity index (χ0v) is 19.6. The molecular formula is C23H32N4O3S. The summed E-state index contributed by atoms with van der Waals surface area (Å²) in [6.45, 7) is 11.5. The maximum Gasteiger partial charge on any atom is 0.234 e. The van der Waals surface area contributed by atoms with E-state index in [0.717, 1.165) is 22.0 Å². The normalized spacial score (nSPS) is 15.0. The van der Waals surface area contributed by atoms with Crippen LogP contribution in [0, 0.1) is 0 Å². The third-order valence-electron chi connectivity index (χ3n) is 4.91. The number of hydrogen-bond donors (Lipinski definition) is 1. The van der Waals surface area contributed by atoms with Gasteiger partial charge in [0.25, 0.3) is 0 Å². The second kappa shape index (κ2) is 10.2. The Morgan fingerprint density at radius 3 is 2.55 bits per heavy atom. The number of nitrogens with zero attached hydrogens (tertiary/aromatic N) is 3. The first-order valence-electron chi connectivity index (χ1n) is 10.7. The maximum absolute atomic E-state index is 12.8. The lowest BCUT2D eigenvalue weighted by Gasteiger charge is -2.34. The molecule has 1 aliphatic heterocycles. The van der Waals surface area contributed by atoms with E-state index < -0.39 is 0 Å². The fourth-order valence-corrected chi connectivity index (χ4v) is 4.37. The number of carbonyl (C=O) groups is 2. The summed E-state index contributed by atoms with van der Waals surface area (Å²) in [5, 5.41) is 5.79. The molecule has 0 aliphatic carbocycles. The highest BCUT2D eigenvalue weighted by atomic mass is 32.1. The summed E-state index contributed by atoms with van der Waals surface area (Å²) in [7, 11) is 0. The summed E-state index contributed by atoms with van der Waals surface area (Å²) in [6, 6.07) is 7.83. The third-order valence-corrected chi connectivity index (χ3v) is 5.83. The molecule has 8 heteroatoms. The van der Waals surface area contributed by atoms with Gasteiger partial charge in [-0.3, -0.25) is 14.5 Å². The predicted octanol–water partition coefficient (Wildman–Crippen LogP) is 2.81. The molecule has 0 spiro atoms. The van der Waals surface area contributed by atoms with Crippen LogP contribution in [0.25, 0.3) is 10.6 Å². The molecule has 168 valence electrons. The molecule has 1 aliphatic rings. The number of piperazine rings is 1. The van der Waals surface area contributed by atoms with Crippen molar-refractivity contribution in [3.63, 3.8) is 0 Å². The van der Waals surface area contributed by atoms with Gasteiger partial charge in [0, 0.05) is 37.1 Å². The first-order chi connectivity index (χ1) is 14.7. The molecule has 2 heterocycles. The van der Waals surface area contributed by atoms with Crippen LogP contribution >= 0.6 is 11.3 Å². The lowest BCUT2D eigenvalue weighted by atomic mass is 10.1. The molecule has 1 fully saturated rings. The molecule has 7 nitrogen and oxygen atoms in total. The number of aromatic nitrogens is 1. The van der Waals surface area contributed by atoms with Gasteiger partial charge in [-0.15, -0.1) is 11.3 Å². The first kappa shape index (κ1) is 23.2. The van der Waals surface area contributed by atoms with Crippen LogP contribution < -0.4 is 10.1 Å². The van der Waals surface area contributed by atoms with Crippen molar-refractivity contribution in [3.8, 4) is 16.3 Å². The second-order valence-corrected chi connectivity index (χ2v) is 9.56. The highest BCUT2D eigenvalue weighted by Gasteiger charge is 2.24. The lowest BCUT2D eigenvalue weighted by molar-refractivity contribution is -0.132. The van der Waals surface area contributed by atoms with Crippen molar-refractivity contribution in [1.82, 2.24) is 20.1 Å². The van der Waals surface area contributed by atoms with Crippen molar-refractivity contribution in [2.75, 3.05) is 39.3 Å². The summed E-state index contributed by atoms with van der Waals surface area (Å²) in [6.07, 6.45) is 0.289. The maximum atomic E-state index is 12.8. The van der Waals surface area contributed by atoms with Gasteiger partial charge < -0.3 is 15.0 Å². The Morgan fingerprint density at radius 1 is 1.16 bits per heavy atom. The fraction of sp³-hybridized carbons (Fsp3) is 0.522. The van der Waals surface area contributed by atoms with E-state index in [0.29, 0.717) is 39.3 Å². The van der Waals surface area contributed by atoms with Crippen molar-refractivity contribution in [1.29, 1.82) is 0 Å². The van der Waals surface area contributed by atoms with Gasteiger partial charge in [-0.1, -0.05) is 12.1 Å². The highest BCUT2D eigenvalue weighted by molar-refractivity contribution is 7.13. The molecule has 0 unspecified atom stereocenters. The van der Waals surface area contributed by atoms with Crippen molar-refractivity contribution in [2.24, 2.45) is 0 Å². The zero-order valence-electron chi connectivity index (χ0n) is 18.8. The molecule has 1 N–H and O–H groups in total. The van der Waals surface area contributed by atoms with Gasteiger partial charge >= 0.3 is 0 Å². The SMILES string of the molecule is CCOc1ccccc1-c1nc(CC(=O)N2CCN(CC(=O)NC(C)(C)C)CC2)cs1. The quantitative estimate of drug-likeness (QED) is 0.711.